The molecule has 1 aromatic heterocycles. The summed E-state index contributed by atoms with van der Waals surface area (Å²) in [7, 11) is 0. The fraction of sp³-hybridized carbons (Fsp3) is 0.154. The van der Waals surface area contributed by atoms with Crippen molar-refractivity contribution in [3.05, 3.63) is 35.2 Å². The van der Waals surface area contributed by atoms with Crippen LogP contribution in [0.4, 0.5) is 0 Å². The minimum absolute atomic E-state index is 0.144. The molecule has 0 saturated heterocycles. The minimum atomic E-state index is 0.144. The average molecular weight is 214 g/mol. The zero-order valence-corrected chi connectivity index (χ0v) is 9.01. The molecule has 0 unspecified atom stereocenters. The Kier molecular flexibility index (Phi) is 2.84. The number of hydrogen-bond donors (Lipinski definition) is 0. The van der Waals surface area contributed by atoms with Gasteiger partial charge in [-0.2, -0.15) is 0 Å². The van der Waals surface area contributed by atoms with Crippen molar-refractivity contribution >= 4 is 27.2 Å². The van der Waals surface area contributed by atoms with E-state index in [0.29, 0.717) is 12.8 Å². The predicted octanol–water partition coefficient (Wildman–Crippen LogP) is 3.50. The lowest BCUT2D eigenvalue weighted by atomic mass is 10.1. The second-order valence-electron chi connectivity index (χ2n) is 3.27. The zero-order chi connectivity index (χ0) is 10.7. The lowest BCUT2D eigenvalue weighted by molar-refractivity contribution is 0.0986. The Balaban J connectivity index is 2.36. The van der Waals surface area contributed by atoms with Crippen molar-refractivity contribution in [3.63, 3.8) is 0 Å². The average Bonchev–Trinajstić information content (AvgIpc) is 2.69. The molecule has 2 rings (SSSR count). The molecule has 0 aliphatic rings. The quantitative estimate of drug-likeness (QED) is 0.564. The Bertz CT molecular complexity index is 531. The highest BCUT2D eigenvalue weighted by molar-refractivity contribution is 7.17. The summed E-state index contributed by atoms with van der Waals surface area (Å²) in [5, 5.41) is 2.97. The Hall–Kier alpha value is -1.59. The first kappa shape index (κ1) is 9.95. The van der Waals surface area contributed by atoms with Gasteiger partial charge in [0.15, 0.2) is 5.78 Å². The van der Waals surface area contributed by atoms with Gasteiger partial charge in [-0.15, -0.1) is 23.7 Å². The highest BCUT2D eigenvalue weighted by Crippen LogP contribution is 2.26. The molecule has 1 aromatic carbocycles. The van der Waals surface area contributed by atoms with Crippen LogP contribution in [-0.2, 0) is 0 Å². The Morgan fingerprint density at radius 2 is 2.20 bits per heavy atom. The molecule has 0 atom stereocenters. The van der Waals surface area contributed by atoms with Crippen molar-refractivity contribution in [2.24, 2.45) is 0 Å². The molecule has 0 amide bonds. The highest BCUT2D eigenvalue weighted by atomic mass is 32.1. The fourth-order valence-electron chi connectivity index (χ4n) is 1.51. The summed E-state index contributed by atoms with van der Waals surface area (Å²) in [4.78, 5) is 11.8. The molecule has 0 radical (unpaired) electrons. The molecule has 0 saturated carbocycles. The van der Waals surface area contributed by atoms with Gasteiger partial charge in [0, 0.05) is 33.9 Å². The first-order chi connectivity index (χ1) is 7.33. The van der Waals surface area contributed by atoms with E-state index in [0.717, 1.165) is 15.6 Å². The van der Waals surface area contributed by atoms with E-state index in [1.54, 1.807) is 11.3 Å². The van der Waals surface area contributed by atoms with Crippen LogP contribution in [0.2, 0.25) is 0 Å². The van der Waals surface area contributed by atoms with Gasteiger partial charge in [-0.25, -0.2) is 0 Å². The van der Waals surface area contributed by atoms with Crippen molar-refractivity contribution in [2.75, 3.05) is 0 Å². The number of ketones is 1. The molecule has 2 aromatic rings. The van der Waals surface area contributed by atoms with Gasteiger partial charge < -0.3 is 0 Å². The SMILES string of the molecule is C#CCCC(=O)c1csc2ccccc12. The molecule has 1 heterocycles. The van der Waals surface area contributed by atoms with Crippen LogP contribution >= 0.6 is 11.3 Å². The molecule has 15 heavy (non-hydrogen) atoms. The van der Waals surface area contributed by atoms with Crippen molar-refractivity contribution < 1.29 is 4.79 Å². The van der Waals surface area contributed by atoms with E-state index < -0.39 is 0 Å². The second kappa shape index (κ2) is 4.29. The monoisotopic (exact) mass is 214 g/mol. The third-order valence-electron chi connectivity index (χ3n) is 2.28. The number of hydrogen-bond acceptors (Lipinski definition) is 2. The fourth-order valence-corrected chi connectivity index (χ4v) is 2.48. The molecule has 74 valence electrons. The summed E-state index contributed by atoms with van der Waals surface area (Å²) < 4.78 is 1.15. The Labute approximate surface area is 92.7 Å². The first-order valence-corrected chi connectivity index (χ1v) is 5.64. The van der Waals surface area contributed by atoms with E-state index in [1.165, 1.54) is 0 Å². The van der Waals surface area contributed by atoms with Crippen LogP contribution in [0.5, 0.6) is 0 Å². The molecular formula is C13H10OS. The minimum Gasteiger partial charge on any atom is -0.294 e. The van der Waals surface area contributed by atoms with Crippen LogP contribution in [0.15, 0.2) is 29.6 Å². The van der Waals surface area contributed by atoms with E-state index >= 15 is 0 Å². The summed E-state index contributed by atoms with van der Waals surface area (Å²) in [6.45, 7) is 0. The summed E-state index contributed by atoms with van der Waals surface area (Å²) in [6, 6.07) is 7.94. The number of carbonyl (C=O) groups is 1. The summed E-state index contributed by atoms with van der Waals surface area (Å²) in [5.41, 5.74) is 0.811. The Morgan fingerprint density at radius 3 is 3.00 bits per heavy atom. The second-order valence-corrected chi connectivity index (χ2v) is 4.18. The molecule has 0 N–H and O–H groups in total. The molecular weight excluding hydrogens is 204 g/mol. The van der Waals surface area contributed by atoms with Crippen LogP contribution in [0.25, 0.3) is 10.1 Å². The molecule has 2 heteroatoms. The van der Waals surface area contributed by atoms with Crippen molar-refractivity contribution in [1.82, 2.24) is 0 Å². The van der Waals surface area contributed by atoms with Gasteiger partial charge in [0.25, 0.3) is 0 Å². The van der Waals surface area contributed by atoms with E-state index in [4.69, 9.17) is 6.42 Å². The summed E-state index contributed by atoms with van der Waals surface area (Å²) in [6.07, 6.45) is 6.10. The van der Waals surface area contributed by atoms with Gasteiger partial charge >= 0.3 is 0 Å². The molecule has 0 aliphatic heterocycles. The van der Waals surface area contributed by atoms with Gasteiger partial charge in [0.1, 0.15) is 0 Å². The largest absolute Gasteiger partial charge is 0.294 e. The number of thiophene rings is 1. The predicted molar refractivity (Wildman–Crippen MR) is 64.2 cm³/mol. The lowest BCUT2D eigenvalue weighted by Crippen LogP contribution is -1.96. The maximum absolute atomic E-state index is 11.8. The van der Waals surface area contributed by atoms with Crippen LogP contribution in [-0.4, -0.2) is 5.78 Å². The third kappa shape index (κ3) is 1.93. The van der Waals surface area contributed by atoms with Crippen LogP contribution in [0.3, 0.4) is 0 Å². The standard InChI is InChI=1S/C13H10OS/c1-2-3-7-12(14)11-9-15-13-8-5-4-6-10(11)13/h1,4-6,8-9H,3,7H2. The van der Waals surface area contributed by atoms with Crippen LogP contribution < -0.4 is 0 Å². The molecule has 0 fully saturated rings. The lowest BCUT2D eigenvalue weighted by Gasteiger charge is -1.95. The molecule has 0 spiro atoms. The number of carbonyl (C=O) groups excluding carboxylic acids is 1. The van der Waals surface area contributed by atoms with Crippen molar-refractivity contribution in [1.29, 1.82) is 0 Å². The normalized spacial score (nSPS) is 10.1. The number of benzene rings is 1. The zero-order valence-electron chi connectivity index (χ0n) is 8.19. The smallest absolute Gasteiger partial charge is 0.165 e. The van der Waals surface area contributed by atoms with Crippen molar-refractivity contribution in [2.45, 2.75) is 12.8 Å². The van der Waals surface area contributed by atoms with Gasteiger partial charge in [-0.3, -0.25) is 4.79 Å². The number of fused-ring (bicyclic) bond motifs is 1. The highest BCUT2D eigenvalue weighted by Gasteiger charge is 2.10. The number of rotatable bonds is 3. The molecule has 0 aliphatic carbocycles. The number of terminal acetylenes is 1. The molecule has 0 bridgehead atoms. The van der Waals surface area contributed by atoms with Gasteiger partial charge in [-0.05, 0) is 6.07 Å². The topological polar surface area (TPSA) is 17.1 Å². The summed E-state index contributed by atoms with van der Waals surface area (Å²) in [5.74, 6) is 2.64. The number of Topliss-reactive ketones (excluding diaryl/α,β-unsaturated/α-hetero) is 1. The maximum atomic E-state index is 11.8. The van der Waals surface area contributed by atoms with E-state index in [1.807, 2.05) is 29.6 Å². The maximum Gasteiger partial charge on any atom is 0.165 e. The first-order valence-electron chi connectivity index (χ1n) is 4.76. The van der Waals surface area contributed by atoms with Crippen molar-refractivity contribution in [3.8, 4) is 12.3 Å². The molecule has 1 nitrogen and oxygen atoms in total. The van der Waals surface area contributed by atoms with Crippen LogP contribution in [0, 0.1) is 12.3 Å². The van der Waals surface area contributed by atoms with E-state index in [2.05, 4.69) is 5.92 Å². The Morgan fingerprint density at radius 1 is 1.40 bits per heavy atom. The van der Waals surface area contributed by atoms with E-state index in [-0.39, 0.29) is 5.78 Å². The van der Waals surface area contributed by atoms with E-state index in [9.17, 15) is 4.79 Å². The van der Waals surface area contributed by atoms with Gasteiger partial charge in [0.2, 0.25) is 0 Å². The van der Waals surface area contributed by atoms with Gasteiger partial charge in [-0.1, -0.05) is 18.2 Å². The summed E-state index contributed by atoms with van der Waals surface area (Å²) >= 11 is 1.60. The third-order valence-corrected chi connectivity index (χ3v) is 3.24. The van der Waals surface area contributed by atoms with Crippen LogP contribution in [0.1, 0.15) is 23.2 Å². The van der Waals surface area contributed by atoms with Gasteiger partial charge in [0.05, 0.1) is 0 Å².